The zero-order valence-electron chi connectivity index (χ0n) is 21.0. The predicted molar refractivity (Wildman–Crippen MR) is 139 cm³/mol. The third-order valence-electron chi connectivity index (χ3n) is 6.68. The van der Waals surface area contributed by atoms with Crippen molar-refractivity contribution in [2.75, 3.05) is 43.4 Å². The molecule has 1 aromatic heterocycles. The fourth-order valence-corrected chi connectivity index (χ4v) is 4.88. The molecule has 3 aromatic rings. The van der Waals surface area contributed by atoms with Gasteiger partial charge in [-0.15, -0.1) is 13.2 Å². The third-order valence-corrected chi connectivity index (χ3v) is 6.96. The van der Waals surface area contributed by atoms with Crippen molar-refractivity contribution in [3.05, 3.63) is 58.7 Å². The van der Waals surface area contributed by atoms with Crippen molar-refractivity contribution in [2.24, 2.45) is 0 Å². The molecule has 2 aliphatic rings. The van der Waals surface area contributed by atoms with Crippen LogP contribution < -0.4 is 20.3 Å². The Hall–Kier alpha value is -3.57. The number of rotatable bonds is 5. The molecule has 1 amide bonds. The van der Waals surface area contributed by atoms with Gasteiger partial charge in [0, 0.05) is 43.0 Å². The topological polar surface area (TPSA) is 82.6 Å². The zero-order chi connectivity index (χ0) is 27.2. The highest BCUT2D eigenvalue weighted by Gasteiger charge is 2.35. The SMILES string of the molecule is CN1CCN(c2ccc(OC(F)(F)F)c(Nc3ncc(Cl)c(-c4ccc5c(c4)C(=O)NC5(C)C)n3)c2)CC1. The summed E-state index contributed by atoms with van der Waals surface area (Å²) in [5.41, 5.74) is 2.57. The lowest BCUT2D eigenvalue weighted by atomic mass is 9.93. The summed E-state index contributed by atoms with van der Waals surface area (Å²) in [6, 6.07) is 9.80. The molecule has 0 saturated carbocycles. The smallest absolute Gasteiger partial charge is 0.404 e. The summed E-state index contributed by atoms with van der Waals surface area (Å²) in [5, 5.41) is 6.03. The Morgan fingerprint density at radius 2 is 1.84 bits per heavy atom. The maximum atomic E-state index is 13.1. The monoisotopic (exact) mass is 546 g/mol. The molecule has 0 radical (unpaired) electrons. The molecule has 2 aromatic carbocycles. The van der Waals surface area contributed by atoms with Crippen LogP contribution in [0.5, 0.6) is 5.75 Å². The van der Waals surface area contributed by atoms with Gasteiger partial charge in [-0.1, -0.05) is 23.7 Å². The van der Waals surface area contributed by atoms with Gasteiger partial charge in [0.1, 0.15) is 0 Å². The van der Waals surface area contributed by atoms with Crippen molar-refractivity contribution >= 4 is 34.8 Å². The van der Waals surface area contributed by atoms with Crippen LogP contribution in [0, 0.1) is 0 Å². The van der Waals surface area contributed by atoms with Gasteiger partial charge in [0.25, 0.3) is 5.91 Å². The van der Waals surface area contributed by atoms with Crippen LogP contribution in [0.25, 0.3) is 11.3 Å². The van der Waals surface area contributed by atoms with Gasteiger partial charge in [-0.05, 0) is 50.7 Å². The second kappa shape index (κ2) is 9.63. The summed E-state index contributed by atoms with van der Waals surface area (Å²) < 4.78 is 43.7. The Labute approximate surface area is 222 Å². The molecule has 2 N–H and O–H groups in total. The van der Waals surface area contributed by atoms with Crippen LogP contribution in [-0.4, -0.2) is 60.4 Å². The molecule has 12 heteroatoms. The second-order valence-corrected chi connectivity index (χ2v) is 10.3. The molecule has 8 nitrogen and oxygen atoms in total. The number of fused-ring (bicyclic) bond motifs is 1. The van der Waals surface area contributed by atoms with Gasteiger partial charge in [0.15, 0.2) is 5.75 Å². The second-order valence-electron chi connectivity index (χ2n) is 9.87. The Kier molecular flexibility index (Phi) is 6.60. The fraction of sp³-hybridized carbons (Fsp3) is 0.346. The van der Waals surface area contributed by atoms with E-state index in [1.54, 1.807) is 24.3 Å². The van der Waals surface area contributed by atoms with Crippen LogP contribution in [-0.2, 0) is 5.54 Å². The summed E-state index contributed by atoms with van der Waals surface area (Å²) in [6.07, 6.45) is -3.52. The van der Waals surface area contributed by atoms with Crippen LogP contribution in [0.15, 0.2) is 42.6 Å². The minimum atomic E-state index is -4.88. The van der Waals surface area contributed by atoms with E-state index in [2.05, 4.69) is 35.1 Å². The van der Waals surface area contributed by atoms with Crippen LogP contribution in [0.2, 0.25) is 5.02 Å². The standard InChI is InChI=1S/C26H26ClF3N6O2/c1-25(2)18-6-4-15(12-17(18)23(37)34-25)22-19(27)14-31-24(33-22)32-20-13-16(36-10-8-35(3)9-11-36)5-7-21(20)38-26(28,29)30/h4-7,12-14H,8-11H2,1-3H3,(H,34,37)(H,31,32,33). The molecule has 200 valence electrons. The van der Waals surface area contributed by atoms with Crippen LogP contribution in [0.3, 0.4) is 0 Å². The average molecular weight is 547 g/mol. The van der Waals surface area contributed by atoms with E-state index < -0.39 is 17.7 Å². The fourth-order valence-electron chi connectivity index (χ4n) is 4.68. The first-order valence-corrected chi connectivity index (χ1v) is 12.4. The number of nitrogens with zero attached hydrogens (tertiary/aromatic N) is 4. The van der Waals surface area contributed by atoms with Crippen molar-refractivity contribution in [3.8, 4) is 17.0 Å². The number of nitrogens with one attached hydrogen (secondary N) is 2. The van der Waals surface area contributed by atoms with Crippen molar-refractivity contribution < 1.29 is 22.7 Å². The van der Waals surface area contributed by atoms with Gasteiger partial charge in [0.2, 0.25) is 5.95 Å². The Bertz CT molecular complexity index is 1390. The van der Waals surface area contributed by atoms with E-state index in [4.69, 9.17) is 11.6 Å². The lowest BCUT2D eigenvalue weighted by Crippen LogP contribution is -2.44. The molecule has 1 fully saturated rings. The van der Waals surface area contributed by atoms with E-state index in [0.29, 0.717) is 16.8 Å². The number of hydrogen-bond acceptors (Lipinski definition) is 7. The quantitative estimate of drug-likeness (QED) is 0.457. The van der Waals surface area contributed by atoms with Crippen molar-refractivity contribution in [3.63, 3.8) is 0 Å². The number of benzene rings is 2. The summed E-state index contributed by atoms with van der Waals surface area (Å²) in [4.78, 5) is 25.4. The molecule has 0 atom stereocenters. The maximum Gasteiger partial charge on any atom is 0.573 e. The van der Waals surface area contributed by atoms with E-state index >= 15 is 0 Å². The normalized spacial score (nSPS) is 17.2. The van der Waals surface area contributed by atoms with Crippen molar-refractivity contribution in [1.82, 2.24) is 20.2 Å². The number of anilines is 3. The molecule has 38 heavy (non-hydrogen) atoms. The molecule has 0 bridgehead atoms. The predicted octanol–water partition coefficient (Wildman–Crippen LogP) is 5.17. The summed E-state index contributed by atoms with van der Waals surface area (Å²) in [6.45, 7) is 6.96. The highest BCUT2D eigenvalue weighted by atomic mass is 35.5. The molecule has 0 unspecified atom stereocenters. The Balaban J connectivity index is 1.49. The van der Waals surface area contributed by atoms with Gasteiger partial charge < -0.3 is 25.2 Å². The largest absolute Gasteiger partial charge is 0.573 e. The van der Waals surface area contributed by atoms with Crippen molar-refractivity contribution in [2.45, 2.75) is 25.7 Å². The van der Waals surface area contributed by atoms with E-state index in [-0.39, 0.29) is 22.6 Å². The first kappa shape index (κ1) is 26.1. The van der Waals surface area contributed by atoms with Gasteiger partial charge in [0.05, 0.1) is 28.1 Å². The first-order valence-electron chi connectivity index (χ1n) is 12.0. The van der Waals surface area contributed by atoms with Gasteiger partial charge in [-0.2, -0.15) is 0 Å². The number of carbonyl (C=O) groups excluding carboxylic acids is 1. The number of carbonyl (C=O) groups is 1. The molecule has 1 saturated heterocycles. The lowest BCUT2D eigenvalue weighted by Gasteiger charge is -2.34. The number of likely N-dealkylation sites (N-methyl/N-ethyl adjacent to an activating group) is 1. The summed E-state index contributed by atoms with van der Waals surface area (Å²) >= 11 is 6.40. The third kappa shape index (κ3) is 5.34. The highest BCUT2D eigenvalue weighted by Crippen LogP contribution is 2.37. The number of ether oxygens (including phenoxy) is 1. The molecule has 5 rings (SSSR count). The number of aromatic nitrogens is 2. The first-order chi connectivity index (χ1) is 17.9. The van der Waals surface area contributed by atoms with Gasteiger partial charge in [-0.25, -0.2) is 9.97 Å². The van der Waals surface area contributed by atoms with Gasteiger partial charge in [-0.3, -0.25) is 4.79 Å². The van der Waals surface area contributed by atoms with Crippen LogP contribution >= 0.6 is 11.6 Å². The molecule has 0 spiro atoms. The van der Waals surface area contributed by atoms with Crippen LogP contribution in [0.1, 0.15) is 29.8 Å². The number of amides is 1. The van der Waals surface area contributed by atoms with E-state index in [1.807, 2.05) is 27.0 Å². The Morgan fingerprint density at radius 1 is 1.11 bits per heavy atom. The molecule has 0 aliphatic carbocycles. The average Bonchev–Trinajstić information content (AvgIpc) is 3.08. The van der Waals surface area contributed by atoms with E-state index in [9.17, 15) is 18.0 Å². The molecule has 3 heterocycles. The summed E-state index contributed by atoms with van der Waals surface area (Å²) in [5.74, 6) is -0.589. The Morgan fingerprint density at radius 3 is 2.55 bits per heavy atom. The molecule has 2 aliphatic heterocycles. The number of alkyl halides is 3. The molecular weight excluding hydrogens is 521 g/mol. The zero-order valence-corrected chi connectivity index (χ0v) is 21.7. The summed E-state index contributed by atoms with van der Waals surface area (Å²) in [7, 11) is 2.02. The highest BCUT2D eigenvalue weighted by molar-refractivity contribution is 6.33. The number of piperazine rings is 1. The van der Waals surface area contributed by atoms with Crippen LogP contribution in [0.4, 0.5) is 30.5 Å². The van der Waals surface area contributed by atoms with E-state index in [0.717, 1.165) is 37.4 Å². The van der Waals surface area contributed by atoms with E-state index in [1.165, 1.54) is 12.3 Å². The minimum Gasteiger partial charge on any atom is -0.404 e. The maximum absolute atomic E-state index is 13.1. The number of hydrogen-bond donors (Lipinski definition) is 2. The molecular formula is C26H26ClF3N6O2. The van der Waals surface area contributed by atoms with Crippen molar-refractivity contribution in [1.29, 1.82) is 0 Å². The minimum absolute atomic E-state index is 0.0252. The lowest BCUT2D eigenvalue weighted by molar-refractivity contribution is -0.274. The number of halogens is 4. The van der Waals surface area contributed by atoms with Gasteiger partial charge >= 0.3 is 6.36 Å².